The van der Waals surface area contributed by atoms with Gasteiger partial charge in [0.1, 0.15) is 11.6 Å². The summed E-state index contributed by atoms with van der Waals surface area (Å²) in [5, 5.41) is 0. The summed E-state index contributed by atoms with van der Waals surface area (Å²) < 4.78 is 18.7. The third-order valence-electron chi connectivity index (χ3n) is 3.78. The molecule has 0 atom stereocenters. The molecule has 3 rings (SSSR count). The lowest BCUT2D eigenvalue weighted by Crippen LogP contribution is -2.31. The van der Waals surface area contributed by atoms with E-state index in [-0.39, 0.29) is 5.69 Å². The van der Waals surface area contributed by atoms with Gasteiger partial charge in [0.15, 0.2) is 0 Å². The quantitative estimate of drug-likeness (QED) is 0.762. The van der Waals surface area contributed by atoms with Crippen LogP contribution < -0.4 is 9.64 Å². The molecule has 0 saturated carbocycles. The summed E-state index contributed by atoms with van der Waals surface area (Å²) in [5.41, 5.74) is 1.20. The van der Waals surface area contributed by atoms with Crippen molar-refractivity contribution in [2.75, 3.05) is 17.8 Å². The molecule has 0 bridgehead atoms. The van der Waals surface area contributed by atoms with Crippen LogP contribution in [0, 0.1) is 5.82 Å². The highest BCUT2D eigenvalue weighted by atomic mass is 32.2. The van der Waals surface area contributed by atoms with E-state index in [4.69, 9.17) is 4.74 Å². The third kappa shape index (κ3) is 3.17. The SMILES string of the molecule is CCSC1=C(c2ccc(OC)cc2)C(=O)N(c2cccc(F)c2)C1=O. The van der Waals surface area contributed by atoms with Crippen molar-refractivity contribution in [3.8, 4) is 5.75 Å². The molecule has 0 spiro atoms. The van der Waals surface area contributed by atoms with Gasteiger partial charge < -0.3 is 4.74 Å². The molecule has 4 nitrogen and oxygen atoms in total. The highest BCUT2D eigenvalue weighted by Crippen LogP contribution is 2.38. The molecule has 2 amide bonds. The first-order chi connectivity index (χ1) is 12.1. The summed E-state index contributed by atoms with van der Waals surface area (Å²) in [7, 11) is 1.56. The van der Waals surface area contributed by atoms with E-state index < -0.39 is 17.6 Å². The number of nitrogens with zero attached hydrogens (tertiary/aromatic N) is 1. The van der Waals surface area contributed by atoms with Gasteiger partial charge in [0.05, 0.1) is 23.3 Å². The van der Waals surface area contributed by atoms with Crippen molar-refractivity contribution in [3.63, 3.8) is 0 Å². The maximum Gasteiger partial charge on any atom is 0.272 e. The fraction of sp³-hybridized carbons (Fsp3) is 0.158. The summed E-state index contributed by atoms with van der Waals surface area (Å²) in [5.74, 6) is -0.0659. The van der Waals surface area contributed by atoms with Crippen LogP contribution in [-0.4, -0.2) is 24.7 Å². The van der Waals surface area contributed by atoms with Crippen LogP contribution in [0.15, 0.2) is 53.4 Å². The Balaban J connectivity index is 2.07. The largest absolute Gasteiger partial charge is 0.497 e. The highest BCUT2D eigenvalue weighted by Gasteiger charge is 2.40. The summed E-state index contributed by atoms with van der Waals surface area (Å²) in [6, 6.07) is 12.4. The first-order valence-corrected chi connectivity index (χ1v) is 8.71. The minimum Gasteiger partial charge on any atom is -0.497 e. The average Bonchev–Trinajstić information content (AvgIpc) is 2.86. The predicted molar refractivity (Wildman–Crippen MR) is 96.9 cm³/mol. The lowest BCUT2D eigenvalue weighted by atomic mass is 10.1. The van der Waals surface area contributed by atoms with E-state index in [2.05, 4.69) is 0 Å². The van der Waals surface area contributed by atoms with Gasteiger partial charge in [-0.15, -0.1) is 11.8 Å². The van der Waals surface area contributed by atoms with Gasteiger partial charge >= 0.3 is 0 Å². The van der Waals surface area contributed by atoms with Crippen LogP contribution in [0.2, 0.25) is 0 Å². The molecule has 1 aliphatic heterocycles. The number of imide groups is 1. The van der Waals surface area contributed by atoms with Gasteiger partial charge in [-0.05, 0) is 41.6 Å². The molecule has 0 aromatic heterocycles. The number of benzene rings is 2. The van der Waals surface area contributed by atoms with Crippen molar-refractivity contribution in [2.24, 2.45) is 0 Å². The number of thioether (sulfide) groups is 1. The number of halogens is 1. The number of carbonyl (C=O) groups is 2. The summed E-state index contributed by atoms with van der Waals surface area (Å²) in [4.78, 5) is 27.2. The van der Waals surface area contributed by atoms with Crippen LogP contribution in [0.1, 0.15) is 12.5 Å². The van der Waals surface area contributed by atoms with Crippen molar-refractivity contribution in [1.82, 2.24) is 0 Å². The summed E-state index contributed by atoms with van der Waals surface area (Å²) in [6.45, 7) is 1.91. The molecule has 2 aromatic carbocycles. The standard InChI is InChI=1S/C19H16FNO3S/c1-3-25-17-16(12-7-9-15(24-2)10-8-12)18(22)21(19(17)23)14-6-4-5-13(20)11-14/h4-11H,3H2,1-2H3. The lowest BCUT2D eigenvalue weighted by Gasteiger charge is -2.15. The maximum absolute atomic E-state index is 13.5. The van der Waals surface area contributed by atoms with Crippen LogP contribution >= 0.6 is 11.8 Å². The van der Waals surface area contributed by atoms with E-state index in [1.54, 1.807) is 37.4 Å². The highest BCUT2D eigenvalue weighted by molar-refractivity contribution is 8.04. The number of amides is 2. The number of carbonyl (C=O) groups excluding carboxylic acids is 2. The molecular formula is C19H16FNO3S. The molecular weight excluding hydrogens is 341 g/mol. The van der Waals surface area contributed by atoms with Gasteiger partial charge in [0, 0.05) is 0 Å². The van der Waals surface area contributed by atoms with Gasteiger partial charge in [-0.3, -0.25) is 9.59 Å². The Morgan fingerprint density at radius 3 is 2.40 bits per heavy atom. The Bertz CT molecular complexity index is 861. The molecule has 1 aliphatic rings. The third-order valence-corrected chi connectivity index (χ3v) is 4.73. The molecule has 0 N–H and O–H groups in total. The molecule has 0 saturated heterocycles. The molecule has 0 aliphatic carbocycles. The zero-order valence-corrected chi connectivity index (χ0v) is 14.6. The van der Waals surface area contributed by atoms with Gasteiger partial charge in [0.2, 0.25) is 0 Å². The van der Waals surface area contributed by atoms with E-state index in [0.29, 0.717) is 27.5 Å². The second-order valence-electron chi connectivity index (χ2n) is 5.29. The Labute approximate surface area is 149 Å². The number of hydrogen-bond donors (Lipinski definition) is 0. The fourth-order valence-electron chi connectivity index (χ4n) is 2.65. The molecule has 0 fully saturated rings. The molecule has 1 heterocycles. The normalized spacial score (nSPS) is 14.4. The zero-order valence-electron chi connectivity index (χ0n) is 13.8. The molecule has 0 unspecified atom stereocenters. The van der Waals surface area contributed by atoms with E-state index in [9.17, 15) is 14.0 Å². The second kappa shape index (κ2) is 7.11. The maximum atomic E-state index is 13.5. The number of methoxy groups -OCH3 is 1. The lowest BCUT2D eigenvalue weighted by molar-refractivity contribution is -0.119. The summed E-state index contributed by atoms with van der Waals surface area (Å²) >= 11 is 1.31. The first kappa shape index (κ1) is 17.2. The molecule has 2 aromatic rings. The van der Waals surface area contributed by atoms with Crippen molar-refractivity contribution in [3.05, 3.63) is 64.8 Å². The van der Waals surface area contributed by atoms with Gasteiger partial charge in [-0.25, -0.2) is 9.29 Å². The topological polar surface area (TPSA) is 46.6 Å². The first-order valence-electron chi connectivity index (χ1n) is 7.72. The minimum absolute atomic E-state index is 0.229. The number of hydrogen-bond acceptors (Lipinski definition) is 4. The predicted octanol–water partition coefficient (Wildman–Crippen LogP) is 3.87. The average molecular weight is 357 g/mol. The van der Waals surface area contributed by atoms with Crippen LogP contribution in [0.3, 0.4) is 0 Å². The zero-order chi connectivity index (χ0) is 18.0. The van der Waals surface area contributed by atoms with Crippen molar-refractivity contribution in [1.29, 1.82) is 0 Å². The smallest absolute Gasteiger partial charge is 0.272 e. The van der Waals surface area contributed by atoms with Gasteiger partial charge in [-0.2, -0.15) is 0 Å². The minimum atomic E-state index is -0.499. The fourth-order valence-corrected chi connectivity index (χ4v) is 3.50. The molecule has 25 heavy (non-hydrogen) atoms. The van der Waals surface area contributed by atoms with E-state index >= 15 is 0 Å². The Kier molecular flexibility index (Phi) is 4.90. The number of ether oxygens (including phenoxy) is 1. The van der Waals surface area contributed by atoms with Gasteiger partial charge in [-0.1, -0.05) is 25.1 Å². The monoisotopic (exact) mass is 357 g/mol. The van der Waals surface area contributed by atoms with Crippen LogP contribution in [0.4, 0.5) is 10.1 Å². The van der Waals surface area contributed by atoms with Crippen molar-refractivity contribution >= 4 is 34.8 Å². The Morgan fingerprint density at radius 1 is 1.08 bits per heavy atom. The van der Waals surface area contributed by atoms with Crippen LogP contribution in [-0.2, 0) is 9.59 Å². The molecule has 6 heteroatoms. The molecule has 128 valence electrons. The van der Waals surface area contributed by atoms with Crippen molar-refractivity contribution < 1.29 is 18.7 Å². The van der Waals surface area contributed by atoms with Crippen LogP contribution in [0.5, 0.6) is 5.75 Å². The molecule has 0 radical (unpaired) electrons. The summed E-state index contributed by atoms with van der Waals surface area (Å²) in [6.07, 6.45) is 0. The number of anilines is 1. The van der Waals surface area contributed by atoms with Crippen LogP contribution in [0.25, 0.3) is 5.57 Å². The van der Waals surface area contributed by atoms with Gasteiger partial charge in [0.25, 0.3) is 11.8 Å². The number of rotatable bonds is 5. The Hall–Kier alpha value is -2.60. The second-order valence-corrected chi connectivity index (χ2v) is 6.57. The van der Waals surface area contributed by atoms with E-state index in [1.165, 1.54) is 30.0 Å². The van der Waals surface area contributed by atoms with E-state index in [0.717, 1.165) is 4.90 Å². The Morgan fingerprint density at radius 2 is 1.80 bits per heavy atom. The van der Waals surface area contributed by atoms with E-state index in [1.807, 2.05) is 6.92 Å². The van der Waals surface area contributed by atoms with Crippen molar-refractivity contribution in [2.45, 2.75) is 6.92 Å².